The van der Waals surface area contributed by atoms with E-state index in [-0.39, 0.29) is 30.5 Å². The Labute approximate surface area is 162 Å². The van der Waals surface area contributed by atoms with E-state index in [1.807, 2.05) is 43.3 Å². The molecule has 3 rings (SSSR count). The van der Waals surface area contributed by atoms with Crippen molar-refractivity contribution in [3.05, 3.63) is 92.1 Å². The van der Waals surface area contributed by atoms with Gasteiger partial charge in [-0.2, -0.15) is 0 Å². The third-order valence-electron chi connectivity index (χ3n) is 4.49. The zero-order valence-electron chi connectivity index (χ0n) is 15.8. The number of nitrogens with two attached hydrogens (primary N) is 1. The molecule has 0 saturated heterocycles. The number of rotatable bonds is 5. The summed E-state index contributed by atoms with van der Waals surface area (Å²) in [6.45, 7) is 4.04. The number of benzene rings is 2. The number of nitrogens with one attached hydrogen (secondary N) is 1. The average Bonchev–Trinajstić information content (AvgIpc) is 2.68. The minimum atomic E-state index is -0.685. The topological polar surface area (TPSA) is 101 Å². The van der Waals surface area contributed by atoms with Crippen molar-refractivity contribution in [2.24, 2.45) is 0 Å². The number of aromatic amines is 1. The van der Waals surface area contributed by atoms with Gasteiger partial charge in [0.05, 0.1) is 6.54 Å². The maximum Gasteiger partial charge on any atom is 0.330 e. The molecule has 0 saturated carbocycles. The molecule has 0 radical (unpaired) electrons. The van der Waals surface area contributed by atoms with Crippen molar-refractivity contribution < 1.29 is 4.79 Å². The SMILES string of the molecule is CCN(C(=O)c1cccc(C)c1)c1c(N)n(Cc2ccccc2)c(=O)[nH]c1=O. The first-order valence-corrected chi connectivity index (χ1v) is 8.97. The van der Waals surface area contributed by atoms with Crippen molar-refractivity contribution in [3.63, 3.8) is 0 Å². The number of carbonyl (C=O) groups excluding carboxylic acids is 1. The van der Waals surface area contributed by atoms with E-state index in [0.29, 0.717) is 5.56 Å². The summed E-state index contributed by atoms with van der Waals surface area (Å²) >= 11 is 0. The molecule has 0 aliphatic heterocycles. The second kappa shape index (κ2) is 7.96. The highest BCUT2D eigenvalue weighted by Crippen LogP contribution is 2.20. The van der Waals surface area contributed by atoms with Crippen LogP contribution in [0.5, 0.6) is 0 Å². The van der Waals surface area contributed by atoms with Crippen LogP contribution in [0.15, 0.2) is 64.2 Å². The van der Waals surface area contributed by atoms with Crippen LogP contribution in [0.3, 0.4) is 0 Å². The Morgan fingerprint density at radius 3 is 2.46 bits per heavy atom. The smallest absolute Gasteiger partial charge is 0.330 e. The Kier molecular flexibility index (Phi) is 5.44. The van der Waals surface area contributed by atoms with Crippen molar-refractivity contribution in [2.45, 2.75) is 20.4 Å². The molecule has 7 nitrogen and oxygen atoms in total. The van der Waals surface area contributed by atoms with Crippen molar-refractivity contribution in [1.29, 1.82) is 0 Å². The molecular weight excluding hydrogens is 356 g/mol. The molecule has 3 aromatic rings. The molecule has 0 aliphatic carbocycles. The zero-order valence-corrected chi connectivity index (χ0v) is 15.8. The minimum Gasteiger partial charge on any atom is -0.383 e. The van der Waals surface area contributed by atoms with Gasteiger partial charge in [0.2, 0.25) is 0 Å². The summed E-state index contributed by atoms with van der Waals surface area (Å²) in [5.41, 5.74) is 7.10. The van der Waals surface area contributed by atoms with Crippen molar-refractivity contribution in [2.75, 3.05) is 17.2 Å². The van der Waals surface area contributed by atoms with Crippen LogP contribution in [-0.2, 0) is 6.54 Å². The molecule has 3 N–H and O–H groups in total. The maximum atomic E-state index is 13.0. The lowest BCUT2D eigenvalue weighted by atomic mass is 10.1. The number of nitrogens with zero attached hydrogens (tertiary/aromatic N) is 2. The maximum absolute atomic E-state index is 13.0. The summed E-state index contributed by atoms with van der Waals surface area (Å²) < 4.78 is 1.26. The van der Waals surface area contributed by atoms with E-state index in [9.17, 15) is 14.4 Å². The van der Waals surface area contributed by atoms with Crippen LogP contribution in [0.2, 0.25) is 0 Å². The molecule has 0 aliphatic rings. The van der Waals surface area contributed by atoms with Crippen LogP contribution in [-0.4, -0.2) is 22.0 Å². The van der Waals surface area contributed by atoms with Gasteiger partial charge in [0.15, 0.2) is 5.69 Å². The second-order valence-electron chi connectivity index (χ2n) is 6.48. The lowest BCUT2D eigenvalue weighted by molar-refractivity contribution is 0.0988. The molecule has 1 amide bonds. The fraction of sp³-hybridized carbons (Fsp3) is 0.190. The van der Waals surface area contributed by atoms with Crippen molar-refractivity contribution >= 4 is 17.4 Å². The van der Waals surface area contributed by atoms with Crippen LogP contribution in [0.1, 0.15) is 28.4 Å². The standard InChI is InChI=1S/C21H22N4O3/c1-3-24(20(27)16-11-7-8-14(2)12-16)17-18(22)25(21(28)23-19(17)26)13-15-9-5-4-6-10-15/h4-12H,3,13,22H2,1-2H3,(H,23,26,28). The lowest BCUT2D eigenvalue weighted by Gasteiger charge is -2.23. The van der Waals surface area contributed by atoms with E-state index in [2.05, 4.69) is 4.98 Å². The number of amides is 1. The molecule has 0 fully saturated rings. The number of hydrogen-bond acceptors (Lipinski definition) is 4. The first-order valence-electron chi connectivity index (χ1n) is 8.97. The largest absolute Gasteiger partial charge is 0.383 e. The van der Waals surface area contributed by atoms with E-state index >= 15 is 0 Å². The quantitative estimate of drug-likeness (QED) is 0.710. The van der Waals surface area contributed by atoms with Crippen molar-refractivity contribution in [1.82, 2.24) is 9.55 Å². The Morgan fingerprint density at radius 1 is 1.11 bits per heavy atom. The highest BCUT2D eigenvalue weighted by atomic mass is 16.2. The van der Waals surface area contributed by atoms with Gasteiger partial charge >= 0.3 is 5.69 Å². The zero-order chi connectivity index (χ0) is 20.3. The van der Waals surface area contributed by atoms with Gasteiger partial charge in [-0.25, -0.2) is 4.79 Å². The van der Waals surface area contributed by atoms with E-state index in [0.717, 1.165) is 11.1 Å². The van der Waals surface area contributed by atoms with Gasteiger partial charge in [0.25, 0.3) is 11.5 Å². The third-order valence-corrected chi connectivity index (χ3v) is 4.49. The number of aromatic nitrogens is 2. The molecule has 0 spiro atoms. The normalized spacial score (nSPS) is 10.6. The van der Waals surface area contributed by atoms with Gasteiger partial charge in [0, 0.05) is 12.1 Å². The molecule has 28 heavy (non-hydrogen) atoms. The lowest BCUT2D eigenvalue weighted by Crippen LogP contribution is -2.41. The fourth-order valence-corrected chi connectivity index (χ4v) is 3.10. The number of H-pyrrole nitrogens is 1. The van der Waals surface area contributed by atoms with Gasteiger partial charge in [-0.1, -0.05) is 48.0 Å². The first kappa shape index (κ1) is 19.2. The van der Waals surface area contributed by atoms with Gasteiger partial charge in [0.1, 0.15) is 5.82 Å². The van der Waals surface area contributed by atoms with Gasteiger partial charge < -0.3 is 10.6 Å². The second-order valence-corrected chi connectivity index (χ2v) is 6.48. The van der Waals surface area contributed by atoms with Crippen LogP contribution in [0.4, 0.5) is 11.5 Å². The highest BCUT2D eigenvalue weighted by Gasteiger charge is 2.24. The summed E-state index contributed by atoms with van der Waals surface area (Å²) in [6.07, 6.45) is 0. The van der Waals surface area contributed by atoms with Crippen LogP contribution < -0.4 is 21.9 Å². The van der Waals surface area contributed by atoms with E-state index < -0.39 is 11.2 Å². The molecule has 7 heteroatoms. The number of aryl methyl sites for hydroxylation is 1. The minimum absolute atomic E-state index is 0.0236. The summed E-state index contributed by atoms with van der Waals surface area (Å²) in [4.78, 5) is 41.5. The Bertz CT molecular complexity index is 1120. The predicted octanol–water partition coefficient (Wildman–Crippen LogP) is 2.14. The highest BCUT2D eigenvalue weighted by molar-refractivity contribution is 6.07. The Hall–Kier alpha value is -3.61. The van der Waals surface area contributed by atoms with E-state index in [1.165, 1.54) is 9.47 Å². The molecule has 0 unspecified atom stereocenters. The molecule has 144 valence electrons. The van der Waals surface area contributed by atoms with Crippen LogP contribution in [0.25, 0.3) is 0 Å². The molecular formula is C21H22N4O3. The average molecular weight is 378 g/mol. The van der Waals surface area contributed by atoms with E-state index in [4.69, 9.17) is 5.73 Å². The summed E-state index contributed by atoms with van der Waals surface area (Å²) in [7, 11) is 0. The van der Waals surface area contributed by atoms with Crippen LogP contribution in [0, 0.1) is 6.92 Å². The fourth-order valence-electron chi connectivity index (χ4n) is 3.10. The molecule has 0 bridgehead atoms. The number of anilines is 2. The van der Waals surface area contributed by atoms with Crippen molar-refractivity contribution in [3.8, 4) is 0 Å². The number of hydrogen-bond donors (Lipinski definition) is 2. The monoisotopic (exact) mass is 378 g/mol. The summed E-state index contributed by atoms with van der Waals surface area (Å²) in [6, 6.07) is 16.4. The predicted molar refractivity (Wildman–Crippen MR) is 110 cm³/mol. The molecule has 1 aromatic heterocycles. The molecule has 0 atom stereocenters. The van der Waals surface area contributed by atoms with Gasteiger partial charge in [-0.15, -0.1) is 0 Å². The summed E-state index contributed by atoms with van der Waals surface area (Å²) in [5, 5.41) is 0. The van der Waals surface area contributed by atoms with Gasteiger partial charge in [-0.3, -0.25) is 19.1 Å². The number of nitrogen functional groups attached to an aromatic ring is 1. The third kappa shape index (κ3) is 3.73. The summed E-state index contributed by atoms with van der Waals surface area (Å²) in [5.74, 6) is -0.395. The Morgan fingerprint density at radius 2 is 1.82 bits per heavy atom. The molecule has 2 aromatic carbocycles. The van der Waals surface area contributed by atoms with Crippen LogP contribution >= 0.6 is 0 Å². The molecule has 1 heterocycles. The Balaban J connectivity index is 2.09. The number of carbonyl (C=O) groups is 1. The van der Waals surface area contributed by atoms with E-state index in [1.54, 1.807) is 25.1 Å². The first-order chi connectivity index (χ1) is 13.4. The van der Waals surface area contributed by atoms with Gasteiger partial charge in [-0.05, 0) is 31.5 Å².